The molecule has 16 heavy (non-hydrogen) atoms. The second-order valence-corrected chi connectivity index (χ2v) is 7.73. The standard InChI is InChI=1S/C11H22NO3P/c1-7-9-4-8(11(9,2)3)5-10(7)12-6-16(13,14)15/h7-10,12H,4-6H2,1-3H3,(H2,13,14,15)/t7-,8+,9+,10+/m0/s1. The molecule has 0 heterocycles. The van der Waals surface area contributed by atoms with Crippen molar-refractivity contribution in [2.24, 2.45) is 23.2 Å². The molecule has 2 bridgehead atoms. The normalized spacial score (nSPS) is 41.6. The highest BCUT2D eigenvalue weighted by molar-refractivity contribution is 7.51. The first-order chi connectivity index (χ1) is 7.22. The van der Waals surface area contributed by atoms with Gasteiger partial charge in [-0.1, -0.05) is 20.8 Å². The number of hydrogen-bond donors (Lipinski definition) is 3. The summed E-state index contributed by atoms with van der Waals surface area (Å²) < 4.78 is 10.8. The van der Waals surface area contributed by atoms with Crippen LogP contribution >= 0.6 is 7.60 Å². The summed E-state index contributed by atoms with van der Waals surface area (Å²) in [7, 11) is -3.91. The molecule has 3 saturated carbocycles. The molecule has 0 radical (unpaired) electrons. The molecule has 0 amide bonds. The predicted molar refractivity (Wildman–Crippen MR) is 63.0 cm³/mol. The van der Waals surface area contributed by atoms with Crippen molar-refractivity contribution in [1.29, 1.82) is 0 Å². The van der Waals surface area contributed by atoms with Gasteiger partial charge in [-0.05, 0) is 36.0 Å². The molecular formula is C11H22NO3P. The third-order valence-corrected chi connectivity index (χ3v) is 5.51. The molecule has 4 nitrogen and oxygen atoms in total. The molecule has 94 valence electrons. The van der Waals surface area contributed by atoms with Gasteiger partial charge in [0.1, 0.15) is 0 Å². The van der Waals surface area contributed by atoms with Gasteiger partial charge >= 0.3 is 7.60 Å². The molecular weight excluding hydrogens is 225 g/mol. The van der Waals surface area contributed by atoms with Gasteiger partial charge in [-0.2, -0.15) is 0 Å². The molecule has 3 aliphatic rings. The van der Waals surface area contributed by atoms with E-state index in [2.05, 4.69) is 26.1 Å². The van der Waals surface area contributed by atoms with E-state index >= 15 is 0 Å². The highest BCUT2D eigenvalue weighted by Crippen LogP contribution is 2.61. The lowest BCUT2D eigenvalue weighted by Crippen LogP contribution is -2.60. The van der Waals surface area contributed by atoms with Crippen LogP contribution in [0.1, 0.15) is 33.6 Å². The summed E-state index contributed by atoms with van der Waals surface area (Å²) in [5, 5.41) is 3.05. The number of nitrogens with one attached hydrogen (secondary N) is 1. The molecule has 0 saturated heterocycles. The van der Waals surface area contributed by atoms with Gasteiger partial charge in [0.05, 0.1) is 6.29 Å². The van der Waals surface area contributed by atoms with Crippen LogP contribution in [0.5, 0.6) is 0 Å². The Bertz CT molecular complexity index is 325. The van der Waals surface area contributed by atoms with Crippen LogP contribution < -0.4 is 5.32 Å². The van der Waals surface area contributed by atoms with Crippen LogP contribution in [0.15, 0.2) is 0 Å². The Balaban J connectivity index is 1.93. The van der Waals surface area contributed by atoms with E-state index in [9.17, 15) is 4.57 Å². The SMILES string of the molecule is C[C@H]1[C@H]2C[C@H](C[C@H]1NCP(=O)(O)O)C2(C)C. The maximum Gasteiger partial charge on any atom is 0.339 e. The molecule has 5 heteroatoms. The zero-order valence-electron chi connectivity index (χ0n) is 10.2. The Morgan fingerprint density at radius 1 is 1.38 bits per heavy atom. The zero-order chi connectivity index (χ0) is 12.1. The third kappa shape index (κ3) is 2.08. The molecule has 0 unspecified atom stereocenters. The van der Waals surface area contributed by atoms with E-state index in [-0.39, 0.29) is 12.3 Å². The second kappa shape index (κ2) is 3.81. The Kier molecular flexibility index (Phi) is 2.99. The molecule has 0 spiro atoms. The van der Waals surface area contributed by atoms with Gasteiger partial charge in [0.25, 0.3) is 0 Å². The highest BCUT2D eigenvalue weighted by Gasteiger charge is 2.56. The van der Waals surface area contributed by atoms with Crippen LogP contribution in [0.2, 0.25) is 0 Å². The lowest BCUT2D eigenvalue weighted by molar-refractivity contribution is -0.114. The van der Waals surface area contributed by atoms with Crippen LogP contribution in [0, 0.1) is 23.2 Å². The first kappa shape index (κ1) is 12.6. The summed E-state index contributed by atoms with van der Waals surface area (Å²) in [4.78, 5) is 17.7. The molecule has 0 aromatic carbocycles. The van der Waals surface area contributed by atoms with Crippen molar-refractivity contribution in [3.05, 3.63) is 0 Å². The smallest absolute Gasteiger partial charge is 0.324 e. The summed E-state index contributed by atoms with van der Waals surface area (Å²) in [6.07, 6.45) is 2.18. The van der Waals surface area contributed by atoms with E-state index in [4.69, 9.17) is 9.79 Å². The zero-order valence-corrected chi connectivity index (χ0v) is 11.1. The van der Waals surface area contributed by atoms with Gasteiger partial charge in [0, 0.05) is 6.04 Å². The molecule has 0 aliphatic heterocycles. The monoisotopic (exact) mass is 247 g/mol. The van der Waals surface area contributed by atoms with Crippen molar-refractivity contribution in [1.82, 2.24) is 5.32 Å². The minimum Gasteiger partial charge on any atom is -0.324 e. The largest absolute Gasteiger partial charge is 0.339 e. The van der Waals surface area contributed by atoms with Crippen molar-refractivity contribution >= 4 is 7.60 Å². The minimum atomic E-state index is -3.91. The van der Waals surface area contributed by atoms with Gasteiger partial charge in [0.15, 0.2) is 0 Å². The highest BCUT2D eigenvalue weighted by atomic mass is 31.2. The van der Waals surface area contributed by atoms with Crippen LogP contribution in [-0.2, 0) is 4.57 Å². The molecule has 3 rings (SSSR count). The average molecular weight is 247 g/mol. The van der Waals surface area contributed by atoms with Gasteiger partial charge in [-0.3, -0.25) is 4.57 Å². The number of rotatable bonds is 3. The van der Waals surface area contributed by atoms with Gasteiger partial charge in [0.2, 0.25) is 0 Å². The van der Waals surface area contributed by atoms with E-state index in [0.29, 0.717) is 17.3 Å². The molecule has 4 atom stereocenters. The summed E-state index contributed by atoms with van der Waals surface area (Å²) in [5.41, 5.74) is 0.430. The van der Waals surface area contributed by atoms with Gasteiger partial charge < -0.3 is 15.1 Å². The first-order valence-corrected chi connectivity index (χ1v) is 7.79. The van der Waals surface area contributed by atoms with Crippen molar-refractivity contribution in [2.75, 3.05) is 6.29 Å². The Hall–Kier alpha value is 0.110. The molecule has 0 aromatic heterocycles. The van der Waals surface area contributed by atoms with E-state index in [1.165, 1.54) is 6.42 Å². The summed E-state index contributed by atoms with van der Waals surface area (Å²) in [6, 6.07) is 0.282. The molecule has 3 fully saturated rings. The minimum absolute atomic E-state index is 0.179. The Labute approximate surface area is 97.0 Å². The van der Waals surface area contributed by atoms with Crippen molar-refractivity contribution in [3.8, 4) is 0 Å². The molecule has 3 aliphatic carbocycles. The van der Waals surface area contributed by atoms with Crippen LogP contribution in [-0.4, -0.2) is 22.1 Å². The third-order valence-electron chi connectivity index (χ3n) is 4.91. The number of hydrogen-bond acceptors (Lipinski definition) is 2. The summed E-state index contributed by atoms with van der Waals surface area (Å²) in [5.74, 6) is 1.95. The summed E-state index contributed by atoms with van der Waals surface area (Å²) >= 11 is 0. The van der Waals surface area contributed by atoms with Crippen LogP contribution in [0.4, 0.5) is 0 Å². The van der Waals surface area contributed by atoms with Gasteiger partial charge in [-0.25, -0.2) is 0 Å². The first-order valence-electron chi connectivity index (χ1n) is 6.00. The fourth-order valence-electron chi connectivity index (χ4n) is 3.66. The van der Waals surface area contributed by atoms with E-state index < -0.39 is 7.60 Å². The maximum absolute atomic E-state index is 10.8. The van der Waals surface area contributed by atoms with E-state index in [1.807, 2.05) is 0 Å². The Morgan fingerprint density at radius 3 is 2.44 bits per heavy atom. The fraction of sp³-hybridized carbons (Fsp3) is 1.00. The van der Waals surface area contributed by atoms with Crippen LogP contribution in [0.3, 0.4) is 0 Å². The Morgan fingerprint density at radius 2 is 2.00 bits per heavy atom. The van der Waals surface area contributed by atoms with E-state index in [0.717, 1.165) is 12.3 Å². The second-order valence-electron chi connectivity index (χ2n) is 6.09. The number of fused-ring (bicyclic) bond motifs is 2. The van der Waals surface area contributed by atoms with Gasteiger partial charge in [-0.15, -0.1) is 0 Å². The van der Waals surface area contributed by atoms with Crippen LogP contribution in [0.25, 0.3) is 0 Å². The average Bonchev–Trinajstić information content (AvgIpc) is 2.13. The topological polar surface area (TPSA) is 69.6 Å². The predicted octanol–water partition coefficient (Wildman–Crippen LogP) is 1.78. The van der Waals surface area contributed by atoms with Crippen molar-refractivity contribution < 1.29 is 14.4 Å². The van der Waals surface area contributed by atoms with E-state index in [1.54, 1.807) is 0 Å². The molecule has 0 aromatic rings. The maximum atomic E-state index is 10.8. The van der Waals surface area contributed by atoms with Crippen molar-refractivity contribution in [2.45, 2.75) is 39.7 Å². The van der Waals surface area contributed by atoms with Crippen molar-refractivity contribution in [3.63, 3.8) is 0 Å². The summed E-state index contributed by atoms with van der Waals surface area (Å²) in [6.45, 7) is 6.85. The fourth-order valence-corrected chi connectivity index (χ4v) is 4.13. The molecule has 3 N–H and O–H groups in total. The lowest BCUT2D eigenvalue weighted by atomic mass is 9.45. The lowest BCUT2D eigenvalue weighted by Gasteiger charge is -2.62. The quantitative estimate of drug-likeness (QED) is 0.665.